The Labute approximate surface area is 99.2 Å². The predicted octanol–water partition coefficient (Wildman–Crippen LogP) is 1.80. The molecule has 0 aliphatic carbocycles. The molecule has 0 saturated carbocycles. The second-order valence-electron chi connectivity index (χ2n) is 3.94. The highest BCUT2D eigenvalue weighted by atomic mass is 32.1. The third-order valence-corrected chi connectivity index (χ3v) is 3.17. The Morgan fingerprint density at radius 1 is 1.56 bits per heavy atom. The zero-order valence-corrected chi connectivity index (χ0v) is 10.0. The Hall–Kier alpha value is -1.41. The van der Waals surface area contributed by atoms with Gasteiger partial charge in [0.15, 0.2) is 0 Å². The average Bonchev–Trinajstić information content (AvgIpc) is 2.69. The van der Waals surface area contributed by atoms with Crippen molar-refractivity contribution in [1.82, 2.24) is 0 Å². The lowest BCUT2D eigenvalue weighted by atomic mass is 10.2. The summed E-state index contributed by atoms with van der Waals surface area (Å²) in [6, 6.07) is 2.08. The average molecular weight is 236 g/mol. The molecule has 1 aromatic heterocycles. The zero-order valence-electron chi connectivity index (χ0n) is 9.15. The summed E-state index contributed by atoms with van der Waals surface area (Å²) < 4.78 is 5.49. The number of hydrogen-bond acceptors (Lipinski definition) is 4. The van der Waals surface area contributed by atoms with E-state index in [0.29, 0.717) is 30.2 Å². The Bertz CT molecular complexity index is 487. The van der Waals surface area contributed by atoms with Crippen LogP contribution in [0.2, 0.25) is 0 Å². The van der Waals surface area contributed by atoms with Crippen molar-refractivity contribution in [1.29, 1.82) is 5.26 Å². The highest BCUT2D eigenvalue weighted by Crippen LogP contribution is 2.32. The molecular weight excluding hydrogens is 224 g/mol. The van der Waals surface area contributed by atoms with E-state index in [1.165, 1.54) is 4.90 Å². The van der Waals surface area contributed by atoms with Crippen LogP contribution < -0.4 is 4.90 Å². The van der Waals surface area contributed by atoms with E-state index in [0.717, 1.165) is 5.56 Å². The van der Waals surface area contributed by atoms with E-state index in [1.807, 2.05) is 6.92 Å². The van der Waals surface area contributed by atoms with Crippen LogP contribution >= 0.6 is 12.6 Å². The van der Waals surface area contributed by atoms with Crippen molar-refractivity contribution in [3.8, 4) is 6.07 Å². The molecule has 0 spiro atoms. The molecule has 1 aliphatic heterocycles. The summed E-state index contributed by atoms with van der Waals surface area (Å²) in [6.45, 7) is 4.11. The van der Waals surface area contributed by atoms with Crippen molar-refractivity contribution in [2.45, 2.75) is 25.5 Å². The van der Waals surface area contributed by atoms with E-state index in [9.17, 15) is 4.79 Å². The Morgan fingerprint density at radius 2 is 2.25 bits per heavy atom. The molecule has 0 N–H and O–H groups in total. The second kappa shape index (κ2) is 3.87. The van der Waals surface area contributed by atoms with E-state index in [-0.39, 0.29) is 11.2 Å². The van der Waals surface area contributed by atoms with Gasteiger partial charge in [0.2, 0.25) is 11.8 Å². The maximum Gasteiger partial charge on any atom is 0.230 e. The molecule has 2 rings (SSSR count). The minimum absolute atomic E-state index is 0.0183. The minimum Gasteiger partial charge on any atom is -0.444 e. The molecule has 4 nitrogen and oxygen atoms in total. The SMILES string of the molecule is Cc1oc(N2CC(S)CC2=O)c(C#N)c1C. The van der Waals surface area contributed by atoms with Crippen LogP contribution in [0.15, 0.2) is 4.42 Å². The molecule has 84 valence electrons. The first-order chi connectivity index (χ1) is 7.54. The number of aryl methyl sites for hydroxylation is 1. The molecule has 1 aromatic rings. The number of furan rings is 1. The summed E-state index contributed by atoms with van der Waals surface area (Å²) in [5.74, 6) is 1.02. The quantitative estimate of drug-likeness (QED) is 0.756. The lowest BCUT2D eigenvalue weighted by Crippen LogP contribution is -2.24. The predicted molar refractivity (Wildman–Crippen MR) is 62.6 cm³/mol. The summed E-state index contributed by atoms with van der Waals surface area (Å²) >= 11 is 4.27. The van der Waals surface area contributed by atoms with Gasteiger partial charge in [-0.1, -0.05) is 0 Å². The van der Waals surface area contributed by atoms with Crippen molar-refractivity contribution in [3.05, 3.63) is 16.9 Å². The van der Waals surface area contributed by atoms with Crippen LogP contribution in [0.1, 0.15) is 23.3 Å². The third-order valence-electron chi connectivity index (χ3n) is 2.83. The van der Waals surface area contributed by atoms with Gasteiger partial charge in [-0.2, -0.15) is 17.9 Å². The van der Waals surface area contributed by atoms with E-state index < -0.39 is 0 Å². The molecule has 0 radical (unpaired) electrons. The Morgan fingerprint density at radius 3 is 2.75 bits per heavy atom. The molecular formula is C11H12N2O2S. The number of carbonyl (C=O) groups is 1. The van der Waals surface area contributed by atoms with Crippen LogP contribution in [0.3, 0.4) is 0 Å². The fourth-order valence-corrected chi connectivity index (χ4v) is 2.14. The lowest BCUT2D eigenvalue weighted by Gasteiger charge is -2.12. The van der Waals surface area contributed by atoms with Gasteiger partial charge in [-0.05, 0) is 13.8 Å². The largest absolute Gasteiger partial charge is 0.444 e. The van der Waals surface area contributed by atoms with Crippen LogP contribution in [0.25, 0.3) is 0 Å². The number of anilines is 1. The number of amides is 1. The highest BCUT2D eigenvalue weighted by molar-refractivity contribution is 7.81. The number of rotatable bonds is 1. The van der Waals surface area contributed by atoms with Gasteiger partial charge in [0.1, 0.15) is 17.4 Å². The van der Waals surface area contributed by atoms with Crippen LogP contribution in [0.5, 0.6) is 0 Å². The van der Waals surface area contributed by atoms with Crippen LogP contribution in [0.4, 0.5) is 5.88 Å². The van der Waals surface area contributed by atoms with Crippen molar-refractivity contribution in [3.63, 3.8) is 0 Å². The van der Waals surface area contributed by atoms with Gasteiger partial charge < -0.3 is 4.42 Å². The molecule has 1 unspecified atom stereocenters. The van der Waals surface area contributed by atoms with Crippen LogP contribution in [-0.4, -0.2) is 17.7 Å². The lowest BCUT2D eigenvalue weighted by molar-refractivity contribution is -0.117. The van der Waals surface area contributed by atoms with Gasteiger partial charge in [-0.3, -0.25) is 9.69 Å². The second-order valence-corrected chi connectivity index (χ2v) is 4.67. The van der Waals surface area contributed by atoms with Gasteiger partial charge in [0.25, 0.3) is 0 Å². The van der Waals surface area contributed by atoms with E-state index in [1.54, 1.807) is 6.92 Å². The molecule has 1 atom stereocenters. The van der Waals surface area contributed by atoms with Gasteiger partial charge in [0, 0.05) is 23.8 Å². The summed E-state index contributed by atoms with van der Waals surface area (Å²) in [5, 5.41) is 9.08. The van der Waals surface area contributed by atoms with Gasteiger partial charge in [-0.15, -0.1) is 0 Å². The van der Waals surface area contributed by atoms with Gasteiger partial charge in [-0.25, -0.2) is 0 Å². The first-order valence-electron chi connectivity index (χ1n) is 5.03. The molecule has 16 heavy (non-hydrogen) atoms. The Kier molecular flexibility index (Phi) is 2.68. The fourth-order valence-electron chi connectivity index (χ4n) is 1.82. The molecule has 0 aromatic carbocycles. The number of thiol groups is 1. The number of nitriles is 1. The monoisotopic (exact) mass is 236 g/mol. The Balaban J connectivity index is 2.46. The van der Waals surface area contributed by atoms with E-state index >= 15 is 0 Å². The standard InChI is InChI=1S/C11H12N2O2S/c1-6-7(2)15-11(9(6)4-12)13-5-8(16)3-10(13)14/h8,16H,3,5H2,1-2H3. The molecule has 1 amide bonds. The summed E-state index contributed by atoms with van der Waals surface area (Å²) in [7, 11) is 0. The van der Waals surface area contributed by atoms with Crippen molar-refractivity contribution < 1.29 is 9.21 Å². The number of carbonyl (C=O) groups excluding carboxylic acids is 1. The summed E-state index contributed by atoms with van der Waals surface area (Å²) in [5.41, 5.74) is 1.25. The smallest absolute Gasteiger partial charge is 0.230 e. The van der Waals surface area contributed by atoms with Crippen molar-refractivity contribution in [2.24, 2.45) is 0 Å². The maximum absolute atomic E-state index is 11.7. The molecule has 5 heteroatoms. The summed E-state index contributed by atoms with van der Waals surface area (Å²) in [6.07, 6.45) is 0.396. The normalized spacial score (nSPS) is 20.2. The van der Waals surface area contributed by atoms with E-state index in [4.69, 9.17) is 9.68 Å². The number of hydrogen-bond donors (Lipinski definition) is 1. The van der Waals surface area contributed by atoms with Crippen molar-refractivity contribution in [2.75, 3.05) is 11.4 Å². The maximum atomic E-state index is 11.7. The highest BCUT2D eigenvalue weighted by Gasteiger charge is 2.33. The molecule has 1 saturated heterocycles. The van der Waals surface area contributed by atoms with Crippen LogP contribution in [0, 0.1) is 25.2 Å². The van der Waals surface area contributed by atoms with E-state index in [2.05, 4.69) is 18.7 Å². The fraction of sp³-hybridized carbons (Fsp3) is 0.455. The molecule has 2 heterocycles. The first kappa shape index (κ1) is 11.1. The van der Waals surface area contributed by atoms with Crippen molar-refractivity contribution >= 4 is 24.4 Å². The molecule has 1 aliphatic rings. The zero-order chi connectivity index (χ0) is 11.9. The topological polar surface area (TPSA) is 57.2 Å². The first-order valence-corrected chi connectivity index (χ1v) is 5.54. The summed E-state index contributed by atoms with van der Waals surface area (Å²) in [4.78, 5) is 13.2. The minimum atomic E-state index is -0.0368. The molecule has 0 bridgehead atoms. The molecule has 1 fully saturated rings. The van der Waals surface area contributed by atoms with Gasteiger partial charge >= 0.3 is 0 Å². The van der Waals surface area contributed by atoms with Crippen LogP contribution in [-0.2, 0) is 4.79 Å². The third kappa shape index (κ3) is 1.59. The number of nitrogens with zero attached hydrogens (tertiary/aromatic N) is 2. The van der Waals surface area contributed by atoms with Gasteiger partial charge in [0.05, 0.1) is 0 Å².